The number of benzene rings is 2. The molecule has 0 saturated carbocycles. The molecular weight excluding hydrogens is 408 g/mol. The summed E-state index contributed by atoms with van der Waals surface area (Å²) in [6.07, 6.45) is 0.738. The standard InChI is InChI=1S/C21H19ClN4O2S/c1-26(17-5-3-2-4-16(17)22)21(27)19-11-14-8-9-28-18-10-13(12-24-25-23)6-7-15(18)20(14)29-19/h2-7,10-11H,8-9,12H2,1H3,(H2,23,24). The smallest absolute Gasteiger partial charge is 0.268 e. The van der Waals surface area contributed by atoms with Gasteiger partial charge in [0.05, 0.1) is 28.7 Å². The van der Waals surface area contributed by atoms with Crippen molar-refractivity contribution in [3.8, 4) is 16.2 Å². The highest BCUT2D eigenvalue weighted by Crippen LogP contribution is 2.42. The Kier molecular flexibility index (Phi) is 5.51. The van der Waals surface area contributed by atoms with Crippen LogP contribution in [0, 0.1) is 0 Å². The molecule has 148 valence electrons. The minimum Gasteiger partial charge on any atom is -0.493 e. The van der Waals surface area contributed by atoms with Gasteiger partial charge in [-0.2, -0.15) is 5.11 Å². The van der Waals surface area contributed by atoms with Crippen LogP contribution in [-0.4, -0.2) is 19.6 Å². The molecule has 1 amide bonds. The fourth-order valence-electron chi connectivity index (χ4n) is 3.31. The first kappa shape index (κ1) is 19.4. The first-order valence-electron chi connectivity index (χ1n) is 9.06. The summed E-state index contributed by atoms with van der Waals surface area (Å²) in [4.78, 5) is 16.4. The SMILES string of the molecule is CN(C(=O)c1cc2c(s1)-c1ccc(CN=NN)cc1OCC2)c1ccccc1Cl. The lowest BCUT2D eigenvalue weighted by atomic mass is 10.1. The molecule has 8 heteroatoms. The third-order valence-electron chi connectivity index (χ3n) is 4.79. The van der Waals surface area contributed by atoms with E-state index in [1.165, 1.54) is 11.3 Å². The second kappa shape index (κ2) is 8.23. The summed E-state index contributed by atoms with van der Waals surface area (Å²) in [5.41, 5.74) is 3.74. The van der Waals surface area contributed by atoms with Crippen molar-refractivity contribution in [3.05, 3.63) is 69.6 Å². The fraction of sp³-hybridized carbons (Fsp3) is 0.190. The predicted octanol–water partition coefficient (Wildman–Crippen LogP) is 5.11. The molecule has 0 saturated heterocycles. The van der Waals surface area contributed by atoms with Crippen LogP contribution in [0.1, 0.15) is 20.8 Å². The van der Waals surface area contributed by atoms with Gasteiger partial charge in [0.15, 0.2) is 0 Å². The molecule has 29 heavy (non-hydrogen) atoms. The lowest BCUT2D eigenvalue weighted by molar-refractivity contribution is 0.0997. The van der Waals surface area contributed by atoms with Crippen LogP contribution in [0.2, 0.25) is 5.02 Å². The number of nitrogens with two attached hydrogens (primary N) is 1. The Balaban J connectivity index is 1.68. The molecule has 0 atom stereocenters. The van der Waals surface area contributed by atoms with E-state index in [9.17, 15) is 4.79 Å². The van der Waals surface area contributed by atoms with Gasteiger partial charge in [0, 0.05) is 23.9 Å². The van der Waals surface area contributed by atoms with E-state index in [0.717, 1.165) is 33.7 Å². The van der Waals surface area contributed by atoms with Crippen molar-refractivity contribution < 1.29 is 9.53 Å². The summed E-state index contributed by atoms with van der Waals surface area (Å²) in [5.74, 6) is 5.80. The molecule has 0 fully saturated rings. The van der Waals surface area contributed by atoms with Crippen LogP contribution in [-0.2, 0) is 13.0 Å². The Morgan fingerprint density at radius 1 is 1.28 bits per heavy atom. The Morgan fingerprint density at radius 2 is 2.10 bits per heavy atom. The van der Waals surface area contributed by atoms with Gasteiger partial charge >= 0.3 is 0 Å². The van der Waals surface area contributed by atoms with Gasteiger partial charge in [-0.05, 0) is 41.5 Å². The van der Waals surface area contributed by atoms with Crippen LogP contribution >= 0.6 is 22.9 Å². The average molecular weight is 427 g/mol. The van der Waals surface area contributed by atoms with E-state index >= 15 is 0 Å². The molecule has 2 aromatic carbocycles. The fourth-order valence-corrected chi connectivity index (χ4v) is 4.79. The molecule has 0 spiro atoms. The topological polar surface area (TPSA) is 80.3 Å². The molecule has 0 unspecified atom stereocenters. The number of ether oxygens (including phenoxy) is 1. The number of rotatable bonds is 4. The van der Waals surface area contributed by atoms with Gasteiger partial charge in [0.25, 0.3) is 5.91 Å². The summed E-state index contributed by atoms with van der Waals surface area (Å²) in [5, 5.41) is 7.68. The second-order valence-corrected chi connectivity index (χ2v) is 8.08. The molecule has 0 bridgehead atoms. The molecule has 2 N–H and O–H groups in total. The molecule has 0 aliphatic carbocycles. The lowest BCUT2D eigenvalue weighted by Gasteiger charge is -2.17. The van der Waals surface area contributed by atoms with Gasteiger partial charge in [-0.3, -0.25) is 4.79 Å². The second-order valence-electron chi connectivity index (χ2n) is 6.62. The molecule has 1 aromatic heterocycles. The molecule has 1 aliphatic rings. The van der Waals surface area contributed by atoms with Crippen LogP contribution in [0.25, 0.3) is 10.4 Å². The van der Waals surface area contributed by atoms with Gasteiger partial charge < -0.3 is 15.5 Å². The maximum absolute atomic E-state index is 13.1. The first-order valence-corrected chi connectivity index (χ1v) is 10.3. The molecule has 0 radical (unpaired) electrons. The van der Waals surface area contributed by atoms with Crippen molar-refractivity contribution in [2.45, 2.75) is 13.0 Å². The van der Waals surface area contributed by atoms with E-state index in [2.05, 4.69) is 10.3 Å². The van der Waals surface area contributed by atoms with Gasteiger partial charge in [-0.1, -0.05) is 35.0 Å². The van der Waals surface area contributed by atoms with E-state index in [1.807, 2.05) is 42.5 Å². The van der Waals surface area contributed by atoms with Crippen molar-refractivity contribution in [3.63, 3.8) is 0 Å². The number of amides is 1. The van der Waals surface area contributed by atoms with Crippen LogP contribution in [0.15, 0.2) is 58.9 Å². The quantitative estimate of drug-likeness (QED) is 0.357. The van der Waals surface area contributed by atoms with Crippen molar-refractivity contribution in [2.75, 3.05) is 18.6 Å². The van der Waals surface area contributed by atoms with E-state index in [0.29, 0.717) is 28.7 Å². The number of halogens is 1. The number of fused-ring (bicyclic) bond motifs is 3. The van der Waals surface area contributed by atoms with Gasteiger partial charge in [-0.25, -0.2) is 0 Å². The zero-order valence-electron chi connectivity index (χ0n) is 15.8. The maximum atomic E-state index is 13.1. The normalized spacial score (nSPS) is 12.8. The zero-order chi connectivity index (χ0) is 20.4. The summed E-state index contributed by atoms with van der Waals surface area (Å²) >= 11 is 7.74. The number of hydrogen-bond donors (Lipinski definition) is 1. The predicted molar refractivity (Wildman–Crippen MR) is 116 cm³/mol. The van der Waals surface area contributed by atoms with Crippen molar-refractivity contribution in [2.24, 2.45) is 16.2 Å². The number of para-hydroxylation sites is 1. The molecule has 2 heterocycles. The number of thiophene rings is 1. The average Bonchev–Trinajstić information content (AvgIpc) is 3.08. The van der Waals surface area contributed by atoms with E-state index < -0.39 is 0 Å². The van der Waals surface area contributed by atoms with Crippen molar-refractivity contribution in [1.82, 2.24) is 0 Å². The van der Waals surface area contributed by atoms with E-state index in [1.54, 1.807) is 18.0 Å². The van der Waals surface area contributed by atoms with Crippen LogP contribution in [0.5, 0.6) is 5.75 Å². The molecule has 6 nitrogen and oxygen atoms in total. The van der Waals surface area contributed by atoms with E-state index in [4.69, 9.17) is 22.2 Å². The lowest BCUT2D eigenvalue weighted by Crippen LogP contribution is -2.25. The molecular formula is C21H19ClN4O2S. The number of nitrogens with zero attached hydrogens (tertiary/aromatic N) is 3. The van der Waals surface area contributed by atoms with Gasteiger partial charge in [-0.15, -0.1) is 11.3 Å². The van der Waals surface area contributed by atoms with Crippen molar-refractivity contribution >= 4 is 34.5 Å². The number of hydrogen-bond acceptors (Lipinski definition) is 5. The Morgan fingerprint density at radius 3 is 2.90 bits per heavy atom. The van der Waals surface area contributed by atoms with Crippen LogP contribution < -0.4 is 15.5 Å². The number of carbonyl (C=O) groups excluding carboxylic acids is 1. The maximum Gasteiger partial charge on any atom is 0.268 e. The molecule has 4 rings (SSSR count). The van der Waals surface area contributed by atoms with Crippen molar-refractivity contribution in [1.29, 1.82) is 0 Å². The zero-order valence-corrected chi connectivity index (χ0v) is 17.3. The van der Waals surface area contributed by atoms with Gasteiger partial charge in [0.1, 0.15) is 5.75 Å². The summed E-state index contributed by atoms with van der Waals surface area (Å²) in [7, 11) is 1.74. The molecule has 3 aromatic rings. The van der Waals surface area contributed by atoms with Gasteiger partial charge in [0.2, 0.25) is 0 Å². The molecule has 1 aliphatic heterocycles. The Hall–Kier alpha value is -2.90. The highest BCUT2D eigenvalue weighted by atomic mass is 35.5. The monoisotopic (exact) mass is 426 g/mol. The minimum absolute atomic E-state index is 0.0846. The third-order valence-corrected chi connectivity index (χ3v) is 6.31. The number of anilines is 1. The largest absolute Gasteiger partial charge is 0.493 e. The summed E-state index contributed by atoms with van der Waals surface area (Å²) < 4.78 is 5.93. The minimum atomic E-state index is -0.0846. The van der Waals surface area contributed by atoms with E-state index in [-0.39, 0.29) is 5.91 Å². The van der Waals surface area contributed by atoms with Crippen LogP contribution in [0.3, 0.4) is 0 Å². The summed E-state index contributed by atoms with van der Waals surface area (Å²) in [6, 6.07) is 15.2. The Labute approximate surface area is 177 Å². The Bertz CT molecular complexity index is 1100. The number of carbonyl (C=O) groups is 1. The summed E-state index contributed by atoms with van der Waals surface area (Å²) in [6.45, 7) is 0.948. The highest BCUT2D eigenvalue weighted by Gasteiger charge is 2.24. The van der Waals surface area contributed by atoms with Crippen LogP contribution in [0.4, 0.5) is 5.69 Å². The first-order chi connectivity index (χ1) is 14.1. The third kappa shape index (κ3) is 3.83. The highest BCUT2D eigenvalue weighted by molar-refractivity contribution is 7.17.